The molecular weight excluding hydrogens is 380 g/mol. The summed E-state index contributed by atoms with van der Waals surface area (Å²) in [5.74, 6) is 0. The standard InChI is InChI=1S/C27H16N4/c1-2-4-17-15(3-1)11-20-18(17)6-5-16-12-24-26(25(16)20)30-27-19-7-9-28-13-21(19)22-14-29-10-8-23(22)31(24)27/h1-10,13-14H,11-12H2. The van der Waals surface area contributed by atoms with E-state index in [1.54, 1.807) is 0 Å². The molecule has 0 saturated heterocycles. The van der Waals surface area contributed by atoms with Crippen molar-refractivity contribution in [3.8, 4) is 22.4 Å². The summed E-state index contributed by atoms with van der Waals surface area (Å²) in [7, 11) is 0. The molecule has 6 aromatic rings. The van der Waals surface area contributed by atoms with Gasteiger partial charge in [0.15, 0.2) is 0 Å². The monoisotopic (exact) mass is 396 g/mol. The van der Waals surface area contributed by atoms with Crippen LogP contribution in [0.15, 0.2) is 73.3 Å². The van der Waals surface area contributed by atoms with Crippen molar-refractivity contribution in [3.05, 3.63) is 95.7 Å². The van der Waals surface area contributed by atoms with Gasteiger partial charge < -0.3 is 0 Å². The number of aromatic nitrogens is 4. The average molecular weight is 396 g/mol. The fraction of sp³-hybridized carbons (Fsp3) is 0.0741. The van der Waals surface area contributed by atoms with Crippen LogP contribution in [0.5, 0.6) is 0 Å². The molecule has 0 fully saturated rings. The van der Waals surface area contributed by atoms with Crippen molar-refractivity contribution in [3.63, 3.8) is 0 Å². The normalized spacial score (nSPS) is 13.5. The molecule has 0 radical (unpaired) electrons. The number of hydrogen-bond donors (Lipinski definition) is 0. The van der Waals surface area contributed by atoms with Crippen LogP contribution in [0, 0.1) is 0 Å². The Morgan fingerprint density at radius 2 is 1.58 bits per heavy atom. The second kappa shape index (κ2) is 5.35. The Morgan fingerprint density at radius 3 is 2.55 bits per heavy atom. The van der Waals surface area contributed by atoms with Crippen molar-refractivity contribution in [1.29, 1.82) is 0 Å². The molecule has 0 N–H and O–H groups in total. The molecule has 2 aromatic carbocycles. The Bertz CT molecular complexity index is 1740. The number of nitrogens with zero attached hydrogens (tertiary/aromatic N) is 4. The van der Waals surface area contributed by atoms with Crippen LogP contribution in [-0.2, 0) is 12.8 Å². The van der Waals surface area contributed by atoms with Gasteiger partial charge in [-0.25, -0.2) is 4.98 Å². The van der Waals surface area contributed by atoms with E-state index in [2.05, 4.69) is 62.9 Å². The highest BCUT2D eigenvalue weighted by Gasteiger charge is 2.32. The lowest BCUT2D eigenvalue weighted by molar-refractivity contribution is 1.09. The zero-order valence-corrected chi connectivity index (χ0v) is 16.6. The van der Waals surface area contributed by atoms with Gasteiger partial charge in [-0.05, 0) is 46.4 Å². The van der Waals surface area contributed by atoms with E-state index in [0.29, 0.717) is 0 Å². The van der Waals surface area contributed by atoms with E-state index >= 15 is 0 Å². The molecule has 144 valence electrons. The summed E-state index contributed by atoms with van der Waals surface area (Å²) in [5, 5.41) is 3.35. The molecule has 8 rings (SSSR count). The van der Waals surface area contributed by atoms with Gasteiger partial charge in [-0.15, -0.1) is 0 Å². The highest BCUT2D eigenvalue weighted by molar-refractivity contribution is 6.11. The number of rotatable bonds is 0. The maximum absolute atomic E-state index is 5.27. The van der Waals surface area contributed by atoms with Crippen molar-refractivity contribution in [2.75, 3.05) is 0 Å². The van der Waals surface area contributed by atoms with Crippen LogP contribution in [0.4, 0.5) is 0 Å². The average Bonchev–Trinajstić information content (AvgIpc) is 3.48. The first-order valence-corrected chi connectivity index (χ1v) is 10.6. The van der Waals surface area contributed by atoms with Crippen molar-refractivity contribution in [2.24, 2.45) is 0 Å². The summed E-state index contributed by atoms with van der Waals surface area (Å²) in [6.45, 7) is 0. The third-order valence-electron chi connectivity index (χ3n) is 7.03. The highest BCUT2D eigenvalue weighted by atomic mass is 15.0. The predicted molar refractivity (Wildman–Crippen MR) is 122 cm³/mol. The van der Waals surface area contributed by atoms with Gasteiger partial charge in [-0.3, -0.25) is 14.4 Å². The SMILES string of the molecule is c1ccc2c(c1)Cc1c-2ccc2c1-c1nc3c4ccncc4c4cnccc4n3c1C2. The van der Waals surface area contributed by atoms with Gasteiger partial charge in [0.2, 0.25) is 0 Å². The fourth-order valence-corrected chi connectivity index (χ4v) is 5.73. The Hall–Kier alpha value is -4.05. The maximum Gasteiger partial charge on any atom is 0.146 e. The van der Waals surface area contributed by atoms with E-state index in [4.69, 9.17) is 4.98 Å². The quantitative estimate of drug-likeness (QED) is 0.315. The van der Waals surface area contributed by atoms with Crippen molar-refractivity contribution in [2.45, 2.75) is 12.8 Å². The lowest BCUT2D eigenvalue weighted by Crippen LogP contribution is -1.97. The van der Waals surface area contributed by atoms with E-state index in [1.165, 1.54) is 39.1 Å². The van der Waals surface area contributed by atoms with Crippen LogP contribution >= 0.6 is 0 Å². The third kappa shape index (κ3) is 1.84. The summed E-state index contributed by atoms with van der Waals surface area (Å²) < 4.78 is 2.35. The van der Waals surface area contributed by atoms with Gasteiger partial charge in [-0.2, -0.15) is 0 Å². The Morgan fingerprint density at radius 1 is 0.710 bits per heavy atom. The van der Waals surface area contributed by atoms with Gasteiger partial charge in [0.25, 0.3) is 0 Å². The summed E-state index contributed by atoms with van der Waals surface area (Å²) in [4.78, 5) is 14.0. The molecule has 0 bridgehead atoms. The summed E-state index contributed by atoms with van der Waals surface area (Å²) in [6.07, 6.45) is 9.49. The predicted octanol–water partition coefficient (Wildman–Crippen LogP) is 5.57. The first-order chi connectivity index (χ1) is 15.4. The van der Waals surface area contributed by atoms with E-state index < -0.39 is 0 Å². The number of fused-ring (bicyclic) bond motifs is 14. The number of imidazole rings is 1. The van der Waals surface area contributed by atoms with Gasteiger partial charge in [0.05, 0.1) is 16.9 Å². The molecule has 4 aromatic heterocycles. The van der Waals surface area contributed by atoms with E-state index in [-0.39, 0.29) is 0 Å². The second-order valence-corrected chi connectivity index (χ2v) is 8.52. The molecular formula is C27H16N4. The maximum atomic E-state index is 5.27. The molecule has 0 amide bonds. The second-order valence-electron chi connectivity index (χ2n) is 8.52. The number of pyridine rings is 3. The zero-order valence-electron chi connectivity index (χ0n) is 16.6. The van der Waals surface area contributed by atoms with Gasteiger partial charge in [0, 0.05) is 52.9 Å². The van der Waals surface area contributed by atoms with Crippen LogP contribution in [0.25, 0.3) is 49.7 Å². The first-order valence-electron chi connectivity index (χ1n) is 10.6. The van der Waals surface area contributed by atoms with Crippen LogP contribution < -0.4 is 0 Å². The molecule has 0 unspecified atom stereocenters. The van der Waals surface area contributed by atoms with Gasteiger partial charge >= 0.3 is 0 Å². The topological polar surface area (TPSA) is 43.1 Å². The Labute approximate surface area is 177 Å². The molecule has 31 heavy (non-hydrogen) atoms. The van der Waals surface area contributed by atoms with Crippen LogP contribution in [0.2, 0.25) is 0 Å². The highest BCUT2D eigenvalue weighted by Crippen LogP contribution is 2.48. The molecule has 4 heterocycles. The molecule has 4 heteroatoms. The molecule has 0 atom stereocenters. The van der Waals surface area contributed by atoms with E-state index in [1.807, 2.05) is 24.8 Å². The molecule has 0 aliphatic heterocycles. The van der Waals surface area contributed by atoms with Crippen molar-refractivity contribution < 1.29 is 0 Å². The summed E-state index contributed by atoms with van der Waals surface area (Å²) >= 11 is 0. The Balaban J connectivity index is 1.52. The van der Waals surface area contributed by atoms with Gasteiger partial charge in [-0.1, -0.05) is 36.4 Å². The molecule has 0 saturated carbocycles. The first kappa shape index (κ1) is 15.7. The molecule has 2 aliphatic carbocycles. The Kier molecular flexibility index (Phi) is 2.72. The zero-order chi connectivity index (χ0) is 20.1. The van der Waals surface area contributed by atoms with Crippen LogP contribution in [0.3, 0.4) is 0 Å². The minimum atomic E-state index is 0.906. The smallest absolute Gasteiger partial charge is 0.146 e. The molecule has 2 aliphatic rings. The van der Waals surface area contributed by atoms with Crippen LogP contribution in [0.1, 0.15) is 22.4 Å². The lowest BCUT2D eigenvalue weighted by atomic mass is 9.97. The summed E-state index contributed by atoms with van der Waals surface area (Å²) in [5.41, 5.74) is 12.9. The van der Waals surface area contributed by atoms with Crippen LogP contribution in [-0.4, -0.2) is 19.4 Å². The van der Waals surface area contributed by atoms with E-state index in [9.17, 15) is 0 Å². The molecule has 4 nitrogen and oxygen atoms in total. The van der Waals surface area contributed by atoms with Crippen molar-refractivity contribution in [1.82, 2.24) is 19.4 Å². The lowest BCUT2D eigenvalue weighted by Gasteiger charge is -2.10. The summed E-state index contributed by atoms with van der Waals surface area (Å²) in [6, 6.07) is 17.6. The third-order valence-corrected chi connectivity index (χ3v) is 7.03. The molecule has 0 spiro atoms. The van der Waals surface area contributed by atoms with Crippen molar-refractivity contribution >= 4 is 27.3 Å². The minimum absolute atomic E-state index is 0.906. The number of benzene rings is 2. The minimum Gasteiger partial charge on any atom is -0.295 e. The largest absolute Gasteiger partial charge is 0.295 e. The van der Waals surface area contributed by atoms with E-state index in [0.717, 1.165) is 45.9 Å². The number of hydrogen-bond acceptors (Lipinski definition) is 3. The fourth-order valence-electron chi connectivity index (χ4n) is 5.73. The van der Waals surface area contributed by atoms with Gasteiger partial charge in [0.1, 0.15) is 5.65 Å².